The Kier molecular flexibility index (Phi) is 21.4. The van der Waals surface area contributed by atoms with Crippen LogP contribution < -0.4 is 5.32 Å². The number of aryl methyl sites for hydroxylation is 3. The Balaban J connectivity index is 0.000000413. The molecule has 5 aromatic carbocycles. The van der Waals surface area contributed by atoms with E-state index in [1.807, 2.05) is 46.0 Å². The van der Waals surface area contributed by atoms with Crippen LogP contribution in [0.4, 0.5) is 5.69 Å². The van der Waals surface area contributed by atoms with Gasteiger partial charge in [0.25, 0.3) is 0 Å². The number of aromatic nitrogens is 1. The highest BCUT2D eigenvalue weighted by Gasteiger charge is 2.30. The van der Waals surface area contributed by atoms with Gasteiger partial charge in [0.2, 0.25) is 0 Å². The van der Waals surface area contributed by atoms with E-state index in [0.717, 1.165) is 30.9 Å². The minimum absolute atomic E-state index is 0.0677. The van der Waals surface area contributed by atoms with Crippen molar-refractivity contribution in [3.63, 3.8) is 0 Å². The molecule has 1 aliphatic rings. The normalized spacial score (nSPS) is 14.1. The highest BCUT2D eigenvalue weighted by atomic mass is 15.0. The largest absolute Gasteiger partial charge is 0.388 e. The first-order valence-corrected chi connectivity index (χ1v) is 25.8. The molecule has 1 unspecified atom stereocenters. The number of hydrogen-bond donors (Lipinski definition) is 1. The lowest BCUT2D eigenvalue weighted by Crippen LogP contribution is -2.19. The number of hydrogen-bond acceptors (Lipinski definition) is 1. The summed E-state index contributed by atoms with van der Waals surface area (Å²) in [7, 11) is 1.94. The Bertz CT molecular complexity index is 2800. The molecular weight excluding hydrogens is 833 g/mol. The first-order valence-electron chi connectivity index (χ1n) is 25.8. The number of fused-ring (bicyclic) bond motifs is 3. The molecule has 0 fully saturated rings. The van der Waals surface area contributed by atoms with E-state index in [2.05, 4.69) is 238 Å². The minimum atomic E-state index is -0.147. The summed E-state index contributed by atoms with van der Waals surface area (Å²) >= 11 is 0. The van der Waals surface area contributed by atoms with E-state index in [9.17, 15) is 0 Å². The molecule has 0 bridgehead atoms. The number of nitrogens with one attached hydrogen (secondary N) is 1. The fourth-order valence-corrected chi connectivity index (χ4v) is 8.92. The maximum absolute atomic E-state index is 3.76. The zero-order chi connectivity index (χ0) is 50.7. The number of para-hydroxylation sites is 1. The van der Waals surface area contributed by atoms with E-state index in [0.29, 0.717) is 0 Å². The van der Waals surface area contributed by atoms with Gasteiger partial charge in [-0.2, -0.15) is 0 Å². The lowest BCUT2D eigenvalue weighted by molar-refractivity contribution is 0.505. The summed E-state index contributed by atoms with van der Waals surface area (Å²) < 4.78 is 2.49. The van der Waals surface area contributed by atoms with E-state index in [4.69, 9.17) is 0 Å². The van der Waals surface area contributed by atoms with Gasteiger partial charge in [-0.05, 0) is 139 Å². The molecule has 69 heavy (non-hydrogen) atoms. The molecule has 1 heterocycles. The second-order valence-corrected chi connectivity index (χ2v) is 19.6. The van der Waals surface area contributed by atoms with Gasteiger partial charge in [-0.1, -0.05) is 222 Å². The molecule has 1 N–H and O–H groups in total. The lowest BCUT2D eigenvalue weighted by Gasteiger charge is -2.32. The van der Waals surface area contributed by atoms with Crippen molar-refractivity contribution in [1.82, 2.24) is 4.57 Å². The van der Waals surface area contributed by atoms with Crippen molar-refractivity contribution in [1.29, 1.82) is 0 Å². The Hall–Kier alpha value is -6.12. The fraction of sp³-hybridized carbons (Fsp3) is 0.343. The van der Waals surface area contributed by atoms with Crippen LogP contribution in [0.1, 0.15) is 146 Å². The first-order chi connectivity index (χ1) is 33.1. The molecular formula is C67H86N2. The number of nitrogens with zero attached hydrogens (tertiary/aromatic N) is 1. The zero-order valence-corrected chi connectivity index (χ0v) is 45.4. The summed E-state index contributed by atoms with van der Waals surface area (Å²) in [6, 6.07) is 38.4. The zero-order valence-electron chi connectivity index (χ0n) is 45.4. The van der Waals surface area contributed by atoms with Crippen LogP contribution in [0.15, 0.2) is 170 Å². The maximum Gasteiger partial charge on any atom is 0.0541 e. The molecule has 0 radical (unpaired) electrons. The third kappa shape index (κ3) is 14.0. The molecule has 364 valence electrons. The second-order valence-electron chi connectivity index (χ2n) is 19.6. The van der Waals surface area contributed by atoms with Gasteiger partial charge < -0.3 is 9.88 Å². The van der Waals surface area contributed by atoms with Gasteiger partial charge in [0, 0.05) is 40.2 Å². The standard InChI is InChI=1S/C47H53N.C15H19N.C3H8.C2H6/c1-9-33(2)18-12-10-11-13-20-36-30-37(25-24-34(36)3)47(7,8)38-26-27-45-42(31-38)41-22-16-17-23-44(41)48(45)39-28-29-46(5,6)43(32-39)40-21-15-14-19-35(40)4;1-5-7-13(8-6-2)14-11-12(3)9-10-15(14)16-4;1-3-2;1-2/h10-17,19,21-28,30-33H,9,18,20,29H2,1-8H3;5-11,16H,1H2,2-4H3;3H2,1-2H3;1-2H3/b12-10-,13-11-;8-6-,13-7+;;. The predicted molar refractivity (Wildman–Crippen MR) is 312 cm³/mol. The average Bonchev–Trinajstić information content (AvgIpc) is 3.68. The summed E-state index contributed by atoms with van der Waals surface area (Å²) in [6.07, 6.45) is 27.5. The van der Waals surface area contributed by atoms with Crippen LogP contribution >= 0.6 is 0 Å². The summed E-state index contributed by atoms with van der Waals surface area (Å²) in [4.78, 5) is 0. The van der Waals surface area contributed by atoms with Crippen molar-refractivity contribution in [2.24, 2.45) is 11.3 Å². The van der Waals surface area contributed by atoms with Crippen molar-refractivity contribution in [2.75, 3.05) is 12.4 Å². The third-order valence-electron chi connectivity index (χ3n) is 13.4. The van der Waals surface area contributed by atoms with Crippen molar-refractivity contribution in [2.45, 2.75) is 134 Å². The van der Waals surface area contributed by atoms with Gasteiger partial charge in [-0.3, -0.25) is 0 Å². The summed E-state index contributed by atoms with van der Waals surface area (Å²) in [5, 5.41) is 5.83. The smallest absolute Gasteiger partial charge is 0.0541 e. The van der Waals surface area contributed by atoms with Crippen molar-refractivity contribution >= 4 is 44.3 Å². The van der Waals surface area contributed by atoms with Gasteiger partial charge >= 0.3 is 0 Å². The van der Waals surface area contributed by atoms with Gasteiger partial charge in [0.15, 0.2) is 0 Å². The van der Waals surface area contributed by atoms with E-state index in [-0.39, 0.29) is 10.8 Å². The van der Waals surface area contributed by atoms with Crippen LogP contribution in [0.5, 0.6) is 0 Å². The SMILES string of the molecule is C=C/C=C(\C=C/C)c1cc(C)ccc1NC.CC.CCC.CCC(C)C/C=C\C=C/Cc1cc(C(C)(C)c2ccc3c(c2)c2ccccc2n3C2=CCC(C)(C)C(c3ccccc3C)=C2)ccc1C. The molecule has 0 spiro atoms. The molecule has 2 heteroatoms. The lowest BCUT2D eigenvalue weighted by atomic mass is 9.73. The quantitative estimate of drug-likeness (QED) is 0.108. The molecule has 1 aliphatic carbocycles. The molecule has 2 nitrogen and oxygen atoms in total. The molecule has 0 saturated carbocycles. The number of benzene rings is 5. The second kappa shape index (κ2) is 26.6. The average molecular weight is 919 g/mol. The Morgan fingerprint density at radius 3 is 2.13 bits per heavy atom. The van der Waals surface area contributed by atoms with E-state index in [1.54, 1.807) is 0 Å². The van der Waals surface area contributed by atoms with E-state index < -0.39 is 0 Å². The van der Waals surface area contributed by atoms with E-state index >= 15 is 0 Å². The van der Waals surface area contributed by atoms with Gasteiger partial charge in [-0.15, -0.1) is 0 Å². The van der Waals surface area contributed by atoms with Crippen LogP contribution in [0.25, 0.3) is 38.6 Å². The summed E-state index contributed by atoms with van der Waals surface area (Å²) in [6.45, 7) is 34.7. The molecule has 7 rings (SSSR count). The molecule has 6 aromatic rings. The van der Waals surface area contributed by atoms with E-state index in [1.165, 1.54) is 96.0 Å². The predicted octanol–water partition coefficient (Wildman–Crippen LogP) is 19.8. The van der Waals surface area contributed by atoms with Crippen LogP contribution in [-0.4, -0.2) is 11.6 Å². The van der Waals surface area contributed by atoms with Crippen LogP contribution in [0.3, 0.4) is 0 Å². The first kappa shape index (κ1) is 55.5. The number of anilines is 1. The number of rotatable bonds is 14. The molecule has 0 aliphatic heterocycles. The third-order valence-corrected chi connectivity index (χ3v) is 13.4. The molecule has 0 saturated heterocycles. The topological polar surface area (TPSA) is 17.0 Å². The monoisotopic (exact) mass is 919 g/mol. The minimum Gasteiger partial charge on any atom is -0.388 e. The molecule has 0 amide bonds. The van der Waals surface area contributed by atoms with Gasteiger partial charge in [0.05, 0.1) is 11.0 Å². The van der Waals surface area contributed by atoms with Crippen molar-refractivity contribution < 1.29 is 0 Å². The highest BCUT2D eigenvalue weighted by molar-refractivity contribution is 6.11. The van der Waals surface area contributed by atoms with Crippen molar-refractivity contribution in [3.05, 3.63) is 215 Å². The summed E-state index contributed by atoms with van der Waals surface area (Å²) in [5.74, 6) is 0.747. The Morgan fingerprint density at radius 2 is 1.45 bits per heavy atom. The Labute approximate surface area is 420 Å². The van der Waals surface area contributed by atoms with Crippen LogP contribution in [-0.2, 0) is 11.8 Å². The number of allylic oxidation sites excluding steroid dienone is 13. The molecule has 1 atom stereocenters. The van der Waals surface area contributed by atoms with Gasteiger partial charge in [0.1, 0.15) is 0 Å². The summed E-state index contributed by atoms with van der Waals surface area (Å²) in [5.41, 5.74) is 18.0. The fourth-order valence-electron chi connectivity index (χ4n) is 8.92. The van der Waals surface area contributed by atoms with Crippen LogP contribution in [0.2, 0.25) is 0 Å². The van der Waals surface area contributed by atoms with Crippen LogP contribution in [0, 0.1) is 32.1 Å². The highest BCUT2D eigenvalue weighted by Crippen LogP contribution is 2.46. The Morgan fingerprint density at radius 1 is 0.797 bits per heavy atom. The maximum atomic E-state index is 3.76. The molecule has 1 aromatic heterocycles. The van der Waals surface area contributed by atoms with Gasteiger partial charge in [-0.25, -0.2) is 0 Å². The van der Waals surface area contributed by atoms with Crippen molar-refractivity contribution in [3.8, 4) is 0 Å².